The number of hydrogen-bond acceptors (Lipinski definition) is 1. The first kappa shape index (κ1) is 11.4. The van der Waals surface area contributed by atoms with Crippen LogP contribution in [0.25, 0.3) is 10.9 Å². The van der Waals surface area contributed by atoms with E-state index in [1.807, 2.05) is 42.6 Å². The minimum Gasteiger partial charge on any atom is -0.489 e. The number of nitrogens with one attached hydrogen (secondary N) is 1. The Balaban J connectivity index is 1.82. The van der Waals surface area contributed by atoms with Crippen LogP contribution in [0.3, 0.4) is 0 Å². The standard InChI is InChI=1S/C15H12BrNO/c16-14-8-12(9-15-13(14)6-7-17-15)18-10-11-4-2-1-3-5-11/h1-9,17H,10H2. The fourth-order valence-electron chi connectivity index (χ4n) is 1.92. The lowest BCUT2D eigenvalue weighted by molar-refractivity contribution is 0.306. The third-order valence-electron chi connectivity index (χ3n) is 2.84. The molecule has 18 heavy (non-hydrogen) atoms. The van der Waals surface area contributed by atoms with Gasteiger partial charge in [0.15, 0.2) is 0 Å². The van der Waals surface area contributed by atoms with Gasteiger partial charge in [0.25, 0.3) is 0 Å². The van der Waals surface area contributed by atoms with Crippen molar-refractivity contribution in [2.24, 2.45) is 0 Å². The minimum atomic E-state index is 0.583. The SMILES string of the molecule is Brc1cc(OCc2ccccc2)cc2[nH]ccc12. The summed E-state index contributed by atoms with van der Waals surface area (Å²) in [7, 11) is 0. The van der Waals surface area contributed by atoms with E-state index < -0.39 is 0 Å². The molecule has 0 aliphatic carbocycles. The Morgan fingerprint density at radius 1 is 1.06 bits per heavy atom. The largest absolute Gasteiger partial charge is 0.489 e. The molecular formula is C15H12BrNO. The van der Waals surface area contributed by atoms with Crippen LogP contribution in [-0.4, -0.2) is 4.98 Å². The number of aromatic amines is 1. The van der Waals surface area contributed by atoms with Gasteiger partial charge in [0.1, 0.15) is 12.4 Å². The van der Waals surface area contributed by atoms with Gasteiger partial charge in [-0.15, -0.1) is 0 Å². The van der Waals surface area contributed by atoms with E-state index in [4.69, 9.17) is 4.74 Å². The minimum absolute atomic E-state index is 0.583. The molecule has 0 radical (unpaired) electrons. The second-order valence-electron chi connectivity index (χ2n) is 4.12. The van der Waals surface area contributed by atoms with E-state index in [1.54, 1.807) is 0 Å². The van der Waals surface area contributed by atoms with Gasteiger partial charge in [0.05, 0.1) is 5.52 Å². The molecule has 1 heterocycles. The number of rotatable bonds is 3. The third-order valence-corrected chi connectivity index (χ3v) is 3.50. The summed E-state index contributed by atoms with van der Waals surface area (Å²) in [4.78, 5) is 3.19. The third kappa shape index (κ3) is 2.27. The number of fused-ring (bicyclic) bond motifs is 1. The van der Waals surface area contributed by atoms with Crippen molar-refractivity contribution in [2.75, 3.05) is 0 Å². The molecule has 0 fully saturated rings. The predicted octanol–water partition coefficient (Wildman–Crippen LogP) is 4.51. The zero-order valence-corrected chi connectivity index (χ0v) is 11.3. The van der Waals surface area contributed by atoms with Crippen LogP contribution < -0.4 is 4.74 Å². The van der Waals surface area contributed by atoms with Crippen LogP contribution in [0.1, 0.15) is 5.56 Å². The molecular weight excluding hydrogens is 290 g/mol. The number of hydrogen-bond donors (Lipinski definition) is 1. The summed E-state index contributed by atoms with van der Waals surface area (Å²) >= 11 is 3.55. The van der Waals surface area contributed by atoms with Gasteiger partial charge in [-0.25, -0.2) is 0 Å². The number of halogens is 1. The molecule has 2 nitrogen and oxygen atoms in total. The van der Waals surface area contributed by atoms with Crippen LogP contribution in [0.2, 0.25) is 0 Å². The smallest absolute Gasteiger partial charge is 0.123 e. The van der Waals surface area contributed by atoms with Crippen LogP contribution in [0.4, 0.5) is 0 Å². The lowest BCUT2D eigenvalue weighted by atomic mass is 10.2. The van der Waals surface area contributed by atoms with Crippen LogP contribution >= 0.6 is 15.9 Å². The highest BCUT2D eigenvalue weighted by atomic mass is 79.9. The Kier molecular flexibility index (Phi) is 3.07. The van der Waals surface area contributed by atoms with Gasteiger partial charge in [0.2, 0.25) is 0 Å². The number of ether oxygens (including phenoxy) is 1. The van der Waals surface area contributed by atoms with Crippen LogP contribution in [0.5, 0.6) is 5.75 Å². The van der Waals surface area contributed by atoms with Gasteiger partial charge in [0, 0.05) is 22.1 Å². The Morgan fingerprint density at radius 3 is 2.72 bits per heavy atom. The van der Waals surface area contributed by atoms with Crippen molar-refractivity contribution in [1.29, 1.82) is 0 Å². The van der Waals surface area contributed by atoms with Crippen LogP contribution in [0, 0.1) is 0 Å². The lowest BCUT2D eigenvalue weighted by Gasteiger charge is -2.07. The summed E-state index contributed by atoms with van der Waals surface area (Å²) in [5, 5.41) is 1.17. The molecule has 0 amide bonds. The van der Waals surface area contributed by atoms with Crippen LogP contribution in [-0.2, 0) is 6.61 Å². The monoisotopic (exact) mass is 301 g/mol. The van der Waals surface area contributed by atoms with Crippen molar-refractivity contribution in [3.8, 4) is 5.75 Å². The van der Waals surface area contributed by atoms with Gasteiger partial charge in [-0.3, -0.25) is 0 Å². The Hall–Kier alpha value is -1.74. The van der Waals surface area contributed by atoms with E-state index in [9.17, 15) is 0 Å². The zero-order valence-electron chi connectivity index (χ0n) is 9.69. The molecule has 0 aliphatic heterocycles. The molecule has 0 atom stereocenters. The molecule has 0 bridgehead atoms. The van der Waals surface area contributed by atoms with E-state index in [0.29, 0.717) is 6.61 Å². The van der Waals surface area contributed by atoms with Crippen molar-refractivity contribution in [2.45, 2.75) is 6.61 Å². The first-order valence-corrected chi connectivity index (χ1v) is 6.55. The molecule has 3 heteroatoms. The normalized spacial score (nSPS) is 10.7. The topological polar surface area (TPSA) is 25.0 Å². The maximum atomic E-state index is 5.80. The van der Waals surface area contributed by atoms with Crippen molar-refractivity contribution < 1.29 is 4.74 Å². The van der Waals surface area contributed by atoms with E-state index in [-0.39, 0.29) is 0 Å². The fraction of sp³-hybridized carbons (Fsp3) is 0.0667. The molecule has 0 aliphatic rings. The fourth-order valence-corrected chi connectivity index (χ4v) is 2.49. The van der Waals surface area contributed by atoms with E-state index >= 15 is 0 Å². The maximum Gasteiger partial charge on any atom is 0.123 e. The predicted molar refractivity (Wildman–Crippen MR) is 76.8 cm³/mol. The molecule has 0 unspecified atom stereocenters. The van der Waals surface area contributed by atoms with Gasteiger partial charge in [-0.2, -0.15) is 0 Å². The lowest BCUT2D eigenvalue weighted by Crippen LogP contribution is -1.94. The van der Waals surface area contributed by atoms with Crippen molar-refractivity contribution >= 4 is 26.8 Å². The molecule has 3 aromatic rings. The Morgan fingerprint density at radius 2 is 1.89 bits per heavy atom. The van der Waals surface area contributed by atoms with Gasteiger partial charge < -0.3 is 9.72 Å². The van der Waals surface area contributed by atoms with Gasteiger partial charge in [-0.1, -0.05) is 30.3 Å². The maximum absolute atomic E-state index is 5.80. The molecule has 90 valence electrons. The molecule has 0 saturated carbocycles. The molecule has 0 saturated heterocycles. The first-order valence-electron chi connectivity index (χ1n) is 5.76. The van der Waals surface area contributed by atoms with Gasteiger partial charge >= 0.3 is 0 Å². The molecule has 0 spiro atoms. The van der Waals surface area contributed by atoms with E-state index in [1.165, 1.54) is 10.9 Å². The van der Waals surface area contributed by atoms with E-state index in [2.05, 4.69) is 33.0 Å². The van der Waals surface area contributed by atoms with Gasteiger partial charge in [-0.05, 0) is 33.6 Å². The van der Waals surface area contributed by atoms with Crippen molar-refractivity contribution in [3.05, 3.63) is 64.8 Å². The molecule has 1 aromatic heterocycles. The van der Waals surface area contributed by atoms with Crippen molar-refractivity contribution in [3.63, 3.8) is 0 Å². The second-order valence-corrected chi connectivity index (χ2v) is 4.97. The first-order chi connectivity index (χ1) is 8.83. The summed E-state index contributed by atoms with van der Waals surface area (Å²) in [6.45, 7) is 0.583. The summed E-state index contributed by atoms with van der Waals surface area (Å²) in [5.41, 5.74) is 2.24. The summed E-state index contributed by atoms with van der Waals surface area (Å²) in [6, 6.07) is 16.2. The second kappa shape index (κ2) is 4.86. The highest BCUT2D eigenvalue weighted by Gasteiger charge is 2.03. The highest BCUT2D eigenvalue weighted by molar-refractivity contribution is 9.10. The number of aromatic nitrogens is 1. The zero-order chi connectivity index (χ0) is 12.4. The summed E-state index contributed by atoms with van der Waals surface area (Å²) in [6.07, 6.45) is 1.93. The Labute approximate surface area is 114 Å². The quantitative estimate of drug-likeness (QED) is 0.756. The summed E-state index contributed by atoms with van der Waals surface area (Å²) in [5.74, 6) is 0.862. The van der Waals surface area contributed by atoms with Crippen LogP contribution in [0.15, 0.2) is 59.2 Å². The van der Waals surface area contributed by atoms with Crippen molar-refractivity contribution in [1.82, 2.24) is 4.98 Å². The average Bonchev–Trinajstić information content (AvgIpc) is 2.86. The molecule has 3 rings (SSSR count). The average molecular weight is 302 g/mol. The molecule has 2 aromatic carbocycles. The molecule has 1 N–H and O–H groups in total. The Bertz CT molecular complexity index is 661. The number of H-pyrrole nitrogens is 1. The summed E-state index contributed by atoms with van der Waals surface area (Å²) < 4.78 is 6.85. The van der Waals surface area contributed by atoms with E-state index in [0.717, 1.165) is 15.7 Å². The number of benzene rings is 2. The highest BCUT2D eigenvalue weighted by Crippen LogP contribution is 2.29.